The van der Waals surface area contributed by atoms with Crippen LogP contribution < -0.4 is 4.98 Å². The van der Waals surface area contributed by atoms with Crippen LogP contribution in [0.3, 0.4) is 0 Å². The number of halogens is 9. The van der Waals surface area contributed by atoms with Gasteiger partial charge in [0.25, 0.3) is 0 Å². The van der Waals surface area contributed by atoms with E-state index in [0.29, 0.717) is 0 Å². The Kier molecular flexibility index (Phi) is 5.63. The van der Waals surface area contributed by atoms with Crippen molar-refractivity contribution in [2.24, 2.45) is 0 Å². The Morgan fingerprint density at radius 3 is 1.26 bits per heavy atom. The minimum atomic E-state index is -6.73. The standard InChI is InChI=1S/C5H5N.C4HF9/c1-2-4-6-5-3-1;5-1(6)2(7,8)3(9,10)4(11,12)13/h1-5H;1H/p+1. The normalized spacial score (nSPS) is 12.9. The van der Waals surface area contributed by atoms with Gasteiger partial charge in [0, 0.05) is 12.1 Å². The van der Waals surface area contributed by atoms with Crippen molar-refractivity contribution in [2.75, 3.05) is 0 Å². The van der Waals surface area contributed by atoms with Crippen LogP contribution in [0.1, 0.15) is 0 Å². The predicted molar refractivity (Wildman–Crippen MR) is 45.0 cm³/mol. The van der Waals surface area contributed by atoms with Crippen LogP contribution in [0.25, 0.3) is 0 Å². The third-order valence-electron chi connectivity index (χ3n) is 1.66. The average Bonchev–Trinajstić information content (AvgIpc) is 2.30. The highest BCUT2D eigenvalue weighted by Crippen LogP contribution is 2.48. The smallest absolute Gasteiger partial charge is 0.218 e. The first-order valence-electron chi connectivity index (χ1n) is 4.46. The van der Waals surface area contributed by atoms with E-state index < -0.39 is 24.4 Å². The Morgan fingerprint density at radius 1 is 0.737 bits per heavy atom. The summed E-state index contributed by atoms with van der Waals surface area (Å²) in [6, 6.07) is 5.86. The van der Waals surface area contributed by atoms with Crippen molar-refractivity contribution in [2.45, 2.75) is 24.4 Å². The quantitative estimate of drug-likeness (QED) is 0.741. The lowest BCUT2D eigenvalue weighted by molar-refractivity contribution is -0.378. The molecule has 0 spiro atoms. The number of pyridine rings is 1. The van der Waals surface area contributed by atoms with Crippen molar-refractivity contribution in [3.63, 3.8) is 0 Å². The second-order valence-corrected chi connectivity index (χ2v) is 3.07. The average molecular weight is 300 g/mol. The summed E-state index contributed by atoms with van der Waals surface area (Å²) in [6.07, 6.45) is -8.03. The number of alkyl halides is 9. The first-order chi connectivity index (χ1) is 8.44. The summed E-state index contributed by atoms with van der Waals surface area (Å²) >= 11 is 0. The maximum atomic E-state index is 11.6. The Labute approximate surface area is 101 Å². The van der Waals surface area contributed by atoms with Gasteiger partial charge >= 0.3 is 24.4 Å². The third-order valence-corrected chi connectivity index (χ3v) is 1.66. The fraction of sp³-hybridized carbons (Fsp3) is 0.444. The lowest BCUT2D eigenvalue weighted by Crippen LogP contribution is -2.55. The topological polar surface area (TPSA) is 14.1 Å². The molecule has 0 aromatic carbocycles. The minimum absolute atomic E-state index is 1.88. The fourth-order valence-corrected chi connectivity index (χ4v) is 0.668. The van der Waals surface area contributed by atoms with E-state index in [-0.39, 0.29) is 0 Å². The molecule has 0 aliphatic rings. The number of aromatic nitrogens is 1. The molecule has 0 aliphatic heterocycles. The Bertz CT molecular complexity index is 333. The van der Waals surface area contributed by atoms with Crippen molar-refractivity contribution in [1.29, 1.82) is 0 Å². The van der Waals surface area contributed by atoms with Gasteiger partial charge in [-0.05, 0) is 0 Å². The SMILES string of the molecule is FC(F)C(F)(F)C(F)(F)C(F)(F)F.c1cc[nH+]cc1. The van der Waals surface area contributed by atoms with E-state index in [0.717, 1.165) is 0 Å². The summed E-state index contributed by atoms with van der Waals surface area (Å²) in [5.41, 5.74) is 0. The first-order valence-corrected chi connectivity index (χ1v) is 4.46. The van der Waals surface area contributed by atoms with E-state index in [1.54, 1.807) is 0 Å². The van der Waals surface area contributed by atoms with E-state index in [1.807, 2.05) is 30.6 Å². The summed E-state index contributed by atoms with van der Waals surface area (Å²) in [7, 11) is 0. The Balaban J connectivity index is 0.000000443. The Hall–Kier alpha value is -1.48. The molecule has 19 heavy (non-hydrogen) atoms. The lowest BCUT2D eigenvalue weighted by Gasteiger charge is -2.27. The monoisotopic (exact) mass is 300 g/mol. The molecule has 0 unspecified atom stereocenters. The maximum Gasteiger partial charge on any atom is 0.460 e. The highest BCUT2D eigenvalue weighted by Gasteiger charge is 2.76. The van der Waals surface area contributed by atoms with Gasteiger partial charge in [-0.1, -0.05) is 6.07 Å². The van der Waals surface area contributed by atoms with E-state index in [2.05, 4.69) is 4.98 Å². The van der Waals surface area contributed by atoms with Crippen LogP contribution in [0.4, 0.5) is 39.5 Å². The number of hydrogen-bond acceptors (Lipinski definition) is 0. The van der Waals surface area contributed by atoms with Crippen LogP contribution in [-0.2, 0) is 0 Å². The fourth-order valence-electron chi connectivity index (χ4n) is 0.668. The molecule has 0 amide bonds. The molecular formula is C9H7F9N+. The largest absolute Gasteiger partial charge is 0.460 e. The molecule has 1 nitrogen and oxygen atoms in total. The molecule has 1 heterocycles. The zero-order valence-electron chi connectivity index (χ0n) is 8.87. The summed E-state index contributed by atoms with van der Waals surface area (Å²) in [4.78, 5) is 2.89. The van der Waals surface area contributed by atoms with Gasteiger partial charge in [-0.3, -0.25) is 0 Å². The second-order valence-electron chi connectivity index (χ2n) is 3.07. The summed E-state index contributed by atoms with van der Waals surface area (Å²) in [5.74, 6) is -13.1. The van der Waals surface area contributed by atoms with Gasteiger partial charge in [-0.15, -0.1) is 0 Å². The summed E-state index contributed by atoms with van der Waals surface area (Å²) < 4.78 is 102. The van der Waals surface area contributed by atoms with E-state index in [9.17, 15) is 39.5 Å². The molecule has 0 saturated heterocycles. The molecule has 0 fully saturated rings. The molecule has 1 rings (SSSR count). The highest BCUT2D eigenvalue weighted by molar-refractivity contribution is 4.92. The number of rotatable bonds is 2. The van der Waals surface area contributed by atoms with Gasteiger partial charge in [-0.25, -0.2) is 13.8 Å². The molecule has 0 bridgehead atoms. The summed E-state index contributed by atoms with van der Waals surface area (Å²) in [5, 5.41) is 0. The van der Waals surface area contributed by atoms with Crippen LogP contribution in [0.2, 0.25) is 0 Å². The predicted octanol–water partition coefficient (Wildman–Crippen LogP) is 3.59. The third kappa shape index (κ3) is 4.28. The van der Waals surface area contributed by atoms with Crippen LogP contribution in [0, 0.1) is 0 Å². The molecule has 0 radical (unpaired) electrons. The number of nitrogens with one attached hydrogen (secondary N) is 1. The van der Waals surface area contributed by atoms with Crippen molar-refractivity contribution < 1.29 is 44.5 Å². The molecule has 1 aromatic heterocycles. The van der Waals surface area contributed by atoms with Gasteiger partial charge in [-0.2, -0.15) is 30.7 Å². The zero-order chi connectivity index (χ0) is 15.3. The first kappa shape index (κ1) is 17.5. The number of aromatic amines is 1. The maximum absolute atomic E-state index is 11.6. The molecule has 0 saturated carbocycles. The van der Waals surface area contributed by atoms with Crippen molar-refractivity contribution in [3.8, 4) is 0 Å². The van der Waals surface area contributed by atoms with Crippen LogP contribution >= 0.6 is 0 Å². The molecular weight excluding hydrogens is 293 g/mol. The highest BCUT2D eigenvalue weighted by atomic mass is 19.4. The Morgan fingerprint density at radius 2 is 1.16 bits per heavy atom. The molecule has 1 aromatic rings. The van der Waals surface area contributed by atoms with Crippen molar-refractivity contribution in [3.05, 3.63) is 30.6 Å². The van der Waals surface area contributed by atoms with Gasteiger partial charge in [0.2, 0.25) is 0 Å². The molecule has 1 N–H and O–H groups in total. The van der Waals surface area contributed by atoms with Crippen LogP contribution in [-0.4, -0.2) is 24.4 Å². The van der Waals surface area contributed by atoms with Crippen LogP contribution in [0.5, 0.6) is 0 Å². The number of hydrogen-bond donors (Lipinski definition) is 0. The lowest BCUT2D eigenvalue weighted by atomic mass is 10.2. The number of H-pyrrole nitrogens is 1. The van der Waals surface area contributed by atoms with Crippen LogP contribution in [0.15, 0.2) is 30.6 Å². The molecule has 0 aliphatic carbocycles. The van der Waals surface area contributed by atoms with Gasteiger partial charge in [0.15, 0.2) is 12.4 Å². The van der Waals surface area contributed by atoms with Crippen molar-refractivity contribution >= 4 is 0 Å². The minimum Gasteiger partial charge on any atom is -0.218 e. The molecule has 110 valence electrons. The zero-order valence-corrected chi connectivity index (χ0v) is 8.87. The van der Waals surface area contributed by atoms with Gasteiger partial charge in [0.1, 0.15) is 0 Å². The van der Waals surface area contributed by atoms with E-state index >= 15 is 0 Å². The van der Waals surface area contributed by atoms with Crippen molar-refractivity contribution in [1.82, 2.24) is 0 Å². The summed E-state index contributed by atoms with van der Waals surface area (Å²) in [6.45, 7) is 0. The van der Waals surface area contributed by atoms with Gasteiger partial charge < -0.3 is 0 Å². The molecule has 10 heteroatoms. The van der Waals surface area contributed by atoms with E-state index in [4.69, 9.17) is 0 Å². The van der Waals surface area contributed by atoms with Gasteiger partial charge in [0.05, 0.1) is 0 Å². The molecule has 0 atom stereocenters. The van der Waals surface area contributed by atoms with E-state index in [1.165, 1.54) is 0 Å². The second kappa shape index (κ2) is 6.11.